The lowest BCUT2D eigenvalue weighted by Gasteiger charge is -2.25. The van der Waals surface area contributed by atoms with Crippen molar-refractivity contribution in [2.45, 2.75) is 26.0 Å². The summed E-state index contributed by atoms with van der Waals surface area (Å²) in [6.07, 6.45) is 5.52. The Morgan fingerprint density at radius 1 is 1.15 bits per heavy atom. The molecule has 7 heteroatoms. The number of hydrogen-bond donors (Lipinski definition) is 1. The molecule has 1 unspecified atom stereocenters. The van der Waals surface area contributed by atoms with Crippen molar-refractivity contribution in [1.82, 2.24) is 14.7 Å². The minimum atomic E-state index is -0.653. The lowest BCUT2D eigenvalue weighted by Crippen LogP contribution is -2.35. The van der Waals surface area contributed by atoms with Gasteiger partial charge in [0.25, 0.3) is 0 Å². The summed E-state index contributed by atoms with van der Waals surface area (Å²) in [5.41, 5.74) is 2.80. The SMILES string of the molecule is C#CCOCC(O)CN(CCC)Cc1c(-c2ccccc2)nn(C)c1Oc1cccc(OC)c1. The normalized spacial score (nSPS) is 11.9. The highest BCUT2D eigenvalue weighted by atomic mass is 16.5. The largest absolute Gasteiger partial charge is 0.497 e. The number of benzene rings is 2. The van der Waals surface area contributed by atoms with E-state index in [1.807, 2.05) is 61.6 Å². The number of hydrogen-bond acceptors (Lipinski definition) is 6. The van der Waals surface area contributed by atoms with Crippen LogP contribution in [0.3, 0.4) is 0 Å². The molecular weight excluding hydrogens is 430 g/mol. The van der Waals surface area contributed by atoms with E-state index in [-0.39, 0.29) is 13.2 Å². The zero-order valence-electron chi connectivity index (χ0n) is 20.1. The maximum atomic E-state index is 10.5. The molecule has 0 amide bonds. The van der Waals surface area contributed by atoms with Crippen LogP contribution in [0.25, 0.3) is 11.3 Å². The Balaban J connectivity index is 1.93. The summed E-state index contributed by atoms with van der Waals surface area (Å²) in [4.78, 5) is 2.19. The molecule has 0 spiro atoms. The van der Waals surface area contributed by atoms with E-state index in [9.17, 15) is 5.11 Å². The third kappa shape index (κ3) is 6.84. The van der Waals surface area contributed by atoms with Crippen LogP contribution < -0.4 is 9.47 Å². The second-order valence-corrected chi connectivity index (χ2v) is 8.01. The number of aliphatic hydroxyl groups excluding tert-OH is 1. The van der Waals surface area contributed by atoms with Crippen LogP contribution in [-0.2, 0) is 18.3 Å². The van der Waals surface area contributed by atoms with Crippen LogP contribution in [-0.4, -0.2) is 59.3 Å². The molecule has 1 aromatic heterocycles. The molecular formula is C27H33N3O4. The van der Waals surface area contributed by atoms with Crippen LogP contribution in [0.5, 0.6) is 17.4 Å². The smallest absolute Gasteiger partial charge is 0.222 e. The molecule has 3 rings (SSSR count). The second-order valence-electron chi connectivity index (χ2n) is 8.01. The van der Waals surface area contributed by atoms with E-state index in [0.717, 1.165) is 29.8 Å². The highest BCUT2D eigenvalue weighted by Crippen LogP contribution is 2.35. The molecule has 0 aliphatic rings. The summed E-state index contributed by atoms with van der Waals surface area (Å²) in [5.74, 6) is 4.44. The average Bonchev–Trinajstić information content (AvgIpc) is 3.15. The van der Waals surface area contributed by atoms with E-state index in [2.05, 4.69) is 17.7 Å². The number of aryl methyl sites for hydroxylation is 1. The zero-order valence-corrected chi connectivity index (χ0v) is 20.1. The number of aromatic nitrogens is 2. The van der Waals surface area contributed by atoms with Gasteiger partial charge in [-0.3, -0.25) is 4.90 Å². The topological polar surface area (TPSA) is 69.0 Å². The van der Waals surface area contributed by atoms with Gasteiger partial charge in [-0.15, -0.1) is 6.42 Å². The highest BCUT2D eigenvalue weighted by molar-refractivity contribution is 5.65. The van der Waals surface area contributed by atoms with Gasteiger partial charge in [-0.25, -0.2) is 4.68 Å². The molecule has 0 fully saturated rings. The maximum absolute atomic E-state index is 10.5. The lowest BCUT2D eigenvalue weighted by atomic mass is 10.1. The summed E-state index contributed by atoms with van der Waals surface area (Å²) < 4.78 is 18.8. The van der Waals surface area contributed by atoms with Crippen LogP contribution in [0.1, 0.15) is 18.9 Å². The first-order valence-electron chi connectivity index (χ1n) is 11.4. The van der Waals surface area contributed by atoms with Gasteiger partial charge in [0.1, 0.15) is 23.8 Å². The van der Waals surface area contributed by atoms with Gasteiger partial charge in [-0.05, 0) is 25.1 Å². The van der Waals surface area contributed by atoms with Crippen molar-refractivity contribution >= 4 is 0 Å². The number of aliphatic hydroxyl groups is 1. The number of terminal acetylenes is 1. The van der Waals surface area contributed by atoms with E-state index in [4.69, 9.17) is 25.7 Å². The number of methoxy groups -OCH3 is 1. The first-order chi connectivity index (χ1) is 16.5. The van der Waals surface area contributed by atoms with Crippen molar-refractivity contribution in [1.29, 1.82) is 0 Å². The minimum absolute atomic E-state index is 0.185. The van der Waals surface area contributed by atoms with Crippen LogP contribution in [0.2, 0.25) is 0 Å². The van der Waals surface area contributed by atoms with Crippen molar-refractivity contribution in [3.05, 3.63) is 60.2 Å². The van der Waals surface area contributed by atoms with Crippen molar-refractivity contribution in [3.63, 3.8) is 0 Å². The molecule has 0 radical (unpaired) electrons. The summed E-state index contributed by atoms with van der Waals surface area (Å²) in [6.45, 7) is 4.29. The molecule has 0 aliphatic carbocycles. The zero-order chi connectivity index (χ0) is 24.3. The Labute approximate surface area is 201 Å². The van der Waals surface area contributed by atoms with Crippen molar-refractivity contribution in [2.75, 3.05) is 33.4 Å². The molecule has 2 aromatic carbocycles. The predicted octanol–water partition coefficient (Wildman–Crippen LogP) is 4.11. The van der Waals surface area contributed by atoms with Gasteiger partial charge in [-0.2, -0.15) is 5.10 Å². The van der Waals surface area contributed by atoms with Gasteiger partial charge < -0.3 is 19.3 Å². The minimum Gasteiger partial charge on any atom is -0.497 e. The van der Waals surface area contributed by atoms with Crippen LogP contribution in [0.4, 0.5) is 0 Å². The molecule has 1 atom stereocenters. The van der Waals surface area contributed by atoms with Gasteiger partial charge in [0.15, 0.2) is 0 Å². The van der Waals surface area contributed by atoms with E-state index < -0.39 is 6.10 Å². The molecule has 3 aromatic rings. The van der Waals surface area contributed by atoms with Crippen molar-refractivity contribution in [3.8, 4) is 41.0 Å². The monoisotopic (exact) mass is 463 g/mol. The van der Waals surface area contributed by atoms with Crippen LogP contribution in [0, 0.1) is 12.3 Å². The molecule has 0 saturated carbocycles. The molecule has 1 N–H and O–H groups in total. The molecule has 180 valence electrons. The quantitative estimate of drug-likeness (QED) is 0.304. The average molecular weight is 464 g/mol. The summed E-state index contributed by atoms with van der Waals surface area (Å²) >= 11 is 0. The van der Waals surface area contributed by atoms with Crippen molar-refractivity contribution < 1.29 is 19.3 Å². The number of rotatable bonds is 13. The van der Waals surface area contributed by atoms with E-state index in [0.29, 0.717) is 30.5 Å². The Hall–Kier alpha value is -3.31. The molecule has 7 nitrogen and oxygen atoms in total. The fourth-order valence-electron chi connectivity index (χ4n) is 3.81. The Kier molecular flexibility index (Phi) is 9.53. The predicted molar refractivity (Wildman–Crippen MR) is 133 cm³/mol. The Bertz CT molecular complexity index is 1080. The third-order valence-electron chi connectivity index (χ3n) is 5.28. The molecule has 1 heterocycles. The lowest BCUT2D eigenvalue weighted by molar-refractivity contribution is 0.0260. The summed E-state index contributed by atoms with van der Waals surface area (Å²) in [6, 6.07) is 17.5. The van der Waals surface area contributed by atoms with Gasteiger partial charge in [0.2, 0.25) is 5.88 Å². The van der Waals surface area contributed by atoms with E-state index >= 15 is 0 Å². The summed E-state index contributed by atoms with van der Waals surface area (Å²) in [5, 5.41) is 15.3. The van der Waals surface area contributed by atoms with E-state index in [1.165, 1.54) is 0 Å². The third-order valence-corrected chi connectivity index (χ3v) is 5.28. The summed E-state index contributed by atoms with van der Waals surface area (Å²) in [7, 11) is 3.50. The molecule has 0 saturated heterocycles. The first kappa shape index (κ1) is 25.3. The number of ether oxygens (including phenoxy) is 3. The van der Waals surface area contributed by atoms with Crippen LogP contribution in [0.15, 0.2) is 54.6 Å². The first-order valence-corrected chi connectivity index (χ1v) is 11.4. The van der Waals surface area contributed by atoms with Gasteiger partial charge in [0, 0.05) is 31.8 Å². The van der Waals surface area contributed by atoms with Crippen LogP contribution >= 0.6 is 0 Å². The molecule has 34 heavy (non-hydrogen) atoms. The fourth-order valence-corrected chi connectivity index (χ4v) is 3.81. The van der Waals surface area contributed by atoms with Gasteiger partial charge in [0.05, 0.1) is 25.4 Å². The fraction of sp³-hybridized carbons (Fsp3) is 0.370. The van der Waals surface area contributed by atoms with E-state index in [1.54, 1.807) is 11.8 Å². The van der Waals surface area contributed by atoms with Crippen molar-refractivity contribution in [2.24, 2.45) is 7.05 Å². The van der Waals surface area contributed by atoms with Gasteiger partial charge >= 0.3 is 0 Å². The maximum Gasteiger partial charge on any atom is 0.222 e. The molecule has 0 aliphatic heterocycles. The molecule has 0 bridgehead atoms. The Morgan fingerprint density at radius 2 is 1.91 bits per heavy atom. The standard InChI is InChI=1S/C27H33N3O4/c1-5-15-30(18-22(31)20-33-16-6-2)19-25-26(21-11-8-7-9-12-21)28-29(3)27(25)34-24-14-10-13-23(17-24)32-4/h2,7-14,17,22,31H,5,15-16,18-20H2,1,3-4H3. The number of nitrogens with zero attached hydrogens (tertiary/aromatic N) is 3. The second kappa shape index (κ2) is 12.8. The van der Waals surface area contributed by atoms with Gasteiger partial charge in [-0.1, -0.05) is 49.2 Å². The Morgan fingerprint density at radius 3 is 2.62 bits per heavy atom. The highest BCUT2D eigenvalue weighted by Gasteiger charge is 2.23.